The summed E-state index contributed by atoms with van der Waals surface area (Å²) in [5.41, 5.74) is 0. The number of aliphatic hydroxyl groups excluding tert-OH is 1. The van der Waals surface area contributed by atoms with E-state index in [1.165, 1.54) is 19.3 Å². The molecule has 4 unspecified atom stereocenters. The van der Waals surface area contributed by atoms with Crippen LogP contribution in [-0.4, -0.2) is 24.2 Å². The highest BCUT2D eigenvalue weighted by Gasteiger charge is 2.67. The summed E-state index contributed by atoms with van der Waals surface area (Å²) in [6.07, 6.45) is 7.04. The van der Waals surface area contributed by atoms with Crippen molar-refractivity contribution >= 4 is 5.91 Å². The van der Waals surface area contributed by atoms with Crippen LogP contribution in [0.4, 0.5) is 0 Å². The van der Waals surface area contributed by atoms with Gasteiger partial charge in [-0.25, -0.2) is 0 Å². The molecule has 0 aliphatic heterocycles. The van der Waals surface area contributed by atoms with Gasteiger partial charge in [-0.15, -0.1) is 0 Å². The second-order valence-corrected chi connectivity index (χ2v) is 6.09. The standard InChI is InChI=1S/C14H23NO2/c16-7-3-1-2-6-15-14(17)13-11-9-4-5-10(8-9)12(11)13/h9-13,16H,1-8H2,(H,15,17). The fourth-order valence-electron chi connectivity index (χ4n) is 4.42. The summed E-state index contributed by atoms with van der Waals surface area (Å²) in [5.74, 6) is 3.97. The van der Waals surface area contributed by atoms with Crippen molar-refractivity contribution in [1.82, 2.24) is 5.32 Å². The summed E-state index contributed by atoms with van der Waals surface area (Å²) in [7, 11) is 0. The third-order valence-electron chi connectivity index (χ3n) is 5.17. The Hall–Kier alpha value is -0.570. The first-order valence-corrected chi connectivity index (χ1v) is 7.21. The zero-order valence-corrected chi connectivity index (χ0v) is 10.4. The highest BCUT2D eigenvalue weighted by Crippen LogP contribution is 2.69. The Morgan fingerprint density at radius 3 is 2.47 bits per heavy atom. The summed E-state index contributed by atoms with van der Waals surface area (Å²) in [6.45, 7) is 1.06. The third-order valence-corrected chi connectivity index (χ3v) is 5.17. The molecule has 3 fully saturated rings. The van der Waals surface area contributed by atoms with Crippen LogP contribution in [0.5, 0.6) is 0 Å². The number of unbranched alkanes of at least 4 members (excludes halogenated alkanes) is 2. The van der Waals surface area contributed by atoms with Crippen molar-refractivity contribution in [2.24, 2.45) is 29.6 Å². The molecule has 2 bridgehead atoms. The molecule has 0 radical (unpaired) electrons. The number of hydrogen-bond donors (Lipinski definition) is 2. The van der Waals surface area contributed by atoms with Gasteiger partial charge in [0.05, 0.1) is 0 Å². The molecule has 0 aromatic rings. The molecule has 3 nitrogen and oxygen atoms in total. The minimum atomic E-state index is 0.268. The van der Waals surface area contributed by atoms with Crippen LogP contribution in [0, 0.1) is 29.6 Å². The molecular weight excluding hydrogens is 214 g/mol. The molecule has 1 amide bonds. The van der Waals surface area contributed by atoms with Gasteiger partial charge < -0.3 is 10.4 Å². The summed E-state index contributed by atoms with van der Waals surface area (Å²) in [4.78, 5) is 12.0. The Morgan fingerprint density at radius 2 is 1.82 bits per heavy atom. The van der Waals surface area contributed by atoms with Gasteiger partial charge in [-0.3, -0.25) is 4.79 Å². The SMILES string of the molecule is O=C(NCCCCCO)C1C2C3CCC(C3)C12. The summed E-state index contributed by atoms with van der Waals surface area (Å²) < 4.78 is 0. The molecule has 3 aliphatic rings. The maximum absolute atomic E-state index is 12.0. The molecule has 4 atom stereocenters. The monoisotopic (exact) mass is 237 g/mol. The molecule has 0 aromatic heterocycles. The van der Waals surface area contributed by atoms with Gasteiger partial charge in [0.1, 0.15) is 0 Å². The lowest BCUT2D eigenvalue weighted by atomic mass is 10.0. The fraction of sp³-hybridized carbons (Fsp3) is 0.929. The predicted molar refractivity (Wildman–Crippen MR) is 65.2 cm³/mol. The van der Waals surface area contributed by atoms with Crippen molar-refractivity contribution in [3.63, 3.8) is 0 Å². The molecule has 2 N–H and O–H groups in total. The number of carbonyl (C=O) groups is 1. The largest absolute Gasteiger partial charge is 0.396 e. The highest BCUT2D eigenvalue weighted by atomic mass is 16.2. The van der Waals surface area contributed by atoms with Crippen LogP contribution < -0.4 is 5.32 Å². The van der Waals surface area contributed by atoms with E-state index in [0.29, 0.717) is 11.8 Å². The Balaban J connectivity index is 1.38. The molecular formula is C14H23NO2. The maximum atomic E-state index is 12.0. The van der Waals surface area contributed by atoms with E-state index < -0.39 is 0 Å². The number of amides is 1. The molecule has 3 rings (SSSR count). The number of aliphatic hydroxyl groups is 1. The first kappa shape index (κ1) is 11.5. The lowest BCUT2D eigenvalue weighted by Gasteiger charge is -2.09. The van der Waals surface area contributed by atoms with Gasteiger partial charge in [0, 0.05) is 19.1 Å². The lowest BCUT2D eigenvalue weighted by molar-refractivity contribution is -0.123. The second kappa shape index (κ2) is 4.60. The van der Waals surface area contributed by atoms with Gasteiger partial charge in [0.25, 0.3) is 0 Å². The van der Waals surface area contributed by atoms with E-state index in [0.717, 1.165) is 49.5 Å². The molecule has 3 heteroatoms. The van der Waals surface area contributed by atoms with Crippen molar-refractivity contribution in [3.05, 3.63) is 0 Å². The van der Waals surface area contributed by atoms with E-state index in [-0.39, 0.29) is 6.61 Å². The van der Waals surface area contributed by atoms with Gasteiger partial charge >= 0.3 is 0 Å². The second-order valence-electron chi connectivity index (χ2n) is 6.09. The number of carbonyl (C=O) groups excluding carboxylic acids is 1. The quantitative estimate of drug-likeness (QED) is 0.689. The van der Waals surface area contributed by atoms with Crippen LogP contribution >= 0.6 is 0 Å². The molecule has 96 valence electrons. The first-order chi connectivity index (χ1) is 8.33. The van der Waals surface area contributed by atoms with E-state index in [1.54, 1.807) is 0 Å². The van der Waals surface area contributed by atoms with Crippen molar-refractivity contribution in [1.29, 1.82) is 0 Å². The minimum absolute atomic E-state index is 0.268. The molecule has 17 heavy (non-hydrogen) atoms. The van der Waals surface area contributed by atoms with Crippen LogP contribution in [0.2, 0.25) is 0 Å². The van der Waals surface area contributed by atoms with Gasteiger partial charge in [0.15, 0.2) is 0 Å². The van der Waals surface area contributed by atoms with Crippen LogP contribution in [0.15, 0.2) is 0 Å². The summed E-state index contributed by atoms with van der Waals surface area (Å²) >= 11 is 0. The Bertz CT molecular complexity index is 289. The molecule has 0 aromatic carbocycles. The van der Waals surface area contributed by atoms with Gasteiger partial charge in [-0.1, -0.05) is 0 Å². The maximum Gasteiger partial charge on any atom is 0.223 e. The Labute approximate surface area is 103 Å². The van der Waals surface area contributed by atoms with Crippen LogP contribution in [0.3, 0.4) is 0 Å². The van der Waals surface area contributed by atoms with E-state index in [4.69, 9.17) is 5.11 Å². The van der Waals surface area contributed by atoms with Gasteiger partial charge in [-0.2, -0.15) is 0 Å². The zero-order valence-electron chi connectivity index (χ0n) is 10.4. The first-order valence-electron chi connectivity index (χ1n) is 7.21. The Kier molecular flexibility index (Phi) is 3.12. The molecule has 0 saturated heterocycles. The van der Waals surface area contributed by atoms with Crippen molar-refractivity contribution in [2.75, 3.05) is 13.2 Å². The minimum Gasteiger partial charge on any atom is -0.396 e. The lowest BCUT2D eigenvalue weighted by Crippen LogP contribution is -2.28. The van der Waals surface area contributed by atoms with Crippen molar-refractivity contribution in [2.45, 2.75) is 38.5 Å². The fourth-order valence-corrected chi connectivity index (χ4v) is 4.42. The smallest absolute Gasteiger partial charge is 0.223 e. The number of nitrogens with one attached hydrogen (secondary N) is 1. The molecule has 3 aliphatic carbocycles. The van der Waals surface area contributed by atoms with Crippen molar-refractivity contribution in [3.8, 4) is 0 Å². The van der Waals surface area contributed by atoms with E-state index in [2.05, 4.69) is 5.32 Å². The number of hydrogen-bond acceptors (Lipinski definition) is 2. The number of rotatable bonds is 6. The van der Waals surface area contributed by atoms with E-state index in [1.807, 2.05) is 0 Å². The Morgan fingerprint density at radius 1 is 1.12 bits per heavy atom. The predicted octanol–water partition coefficient (Wildman–Crippen LogP) is 1.56. The zero-order chi connectivity index (χ0) is 11.8. The average molecular weight is 237 g/mol. The molecule has 0 spiro atoms. The van der Waals surface area contributed by atoms with E-state index >= 15 is 0 Å². The molecule has 3 saturated carbocycles. The van der Waals surface area contributed by atoms with Gasteiger partial charge in [-0.05, 0) is 62.2 Å². The van der Waals surface area contributed by atoms with Crippen LogP contribution in [0.1, 0.15) is 38.5 Å². The summed E-state index contributed by atoms with van der Waals surface area (Å²) in [5, 5.41) is 11.7. The van der Waals surface area contributed by atoms with Gasteiger partial charge in [0.2, 0.25) is 5.91 Å². The molecule has 0 heterocycles. The van der Waals surface area contributed by atoms with E-state index in [9.17, 15) is 4.79 Å². The van der Waals surface area contributed by atoms with Crippen LogP contribution in [0.25, 0.3) is 0 Å². The average Bonchev–Trinajstić information content (AvgIpc) is 2.78. The van der Waals surface area contributed by atoms with Crippen molar-refractivity contribution < 1.29 is 9.90 Å². The van der Waals surface area contributed by atoms with Crippen LogP contribution in [-0.2, 0) is 4.79 Å². The normalized spacial score (nSPS) is 41.4. The summed E-state index contributed by atoms with van der Waals surface area (Å²) in [6, 6.07) is 0. The third kappa shape index (κ3) is 1.99. The highest BCUT2D eigenvalue weighted by molar-refractivity contribution is 5.82. The number of fused-ring (bicyclic) bond motifs is 5. The topological polar surface area (TPSA) is 49.3 Å².